The van der Waals surface area contributed by atoms with Gasteiger partial charge in [0.05, 0.1) is 27.3 Å². The number of nitrogens with zero attached hydrogens (tertiary/aromatic N) is 3. The van der Waals surface area contributed by atoms with Crippen LogP contribution in [0.1, 0.15) is 37.8 Å². The standard InChI is InChI=1S/C18H22N4O5S/c1-13-12-17(21(20-13)14-6-8-15(9-7-14)22(24)25)19-18(23)10-11-28(26,27)16-4-2-3-5-16/h6-9,12,16H,2-5,10-11H2,1H3,(H,19,23). The molecule has 1 heterocycles. The van der Waals surface area contributed by atoms with Gasteiger partial charge in [-0.2, -0.15) is 5.10 Å². The molecule has 1 aliphatic carbocycles. The Bertz CT molecular complexity index is 976. The van der Waals surface area contributed by atoms with Crippen LogP contribution in [-0.4, -0.2) is 40.0 Å². The van der Waals surface area contributed by atoms with Gasteiger partial charge in [-0.3, -0.25) is 14.9 Å². The van der Waals surface area contributed by atoms with Crippen molar-refractivity contribution in [3.63, 3.8) is 0 Å². The summed E-state index contributed by atoms with van der Waals surface area (Å²) in [6.45, 7) is 1.75. The van der Waals surface area contributed by atoms with Gasteiger partial charge in [0.15, 0.2) is 9.84 Å². The smallest absolute Gasteiger partial charge is 0.269 e. The third-order valence-electron chi connectivity index (χ3n) is 4.83. The summed E-state index contributed by atoms with van der Waals surface area (Å²) in [6.07, 6.45) is 3.07. The van der Waals surface area contributed by atoms with E-state index in [2.05, 4.69) is 10.4 Å². The van der Waals surface area contributed by atoms with Gasteiger partial charge in [-0.15, -0.1) is 0 Å². The number of hydrogen-bond acceptors (Lipinski definition) is 6. The number of carbonyl (C=O) groups excluding carboxylic acids is 1. The molecule has 9 nitrogen and oxygen atoms in total. The molecule has 0 spiro atoms. The molecule has 2 aromatic rings. The van der Waals surface area contributed by atoms with Gasteiger partial charge in [0.25, 0.3) is 5.69 Å². The first-order valence-corrected chi connectivity index (χ1v) is 10.8. The minimum Gasteiger partial charge on any atom is -0.311 e. The van der Waals surface area contributed by atoms with Crippen molar-refractivity contribution in [2.75, 3.05) is 11.1 Å². The summed E-state index contributed by atoms with van der Waals surface area (Å²) in [5.74, 6) is -0.201. The van der Waals surface area contributed by atoms with E-state index in [-0.39, 0.29) is 23.1 Å². The van der Waals surface area contributed by atoms with Crippen LogP contribution in [0.15, 0.2) is 30.3 Å². The molecule has 0 saturated heterocycles. The molecule has 0 aliphatic heterocycles. The number of nitrogens with one attached hydrogen (secondary N) is 1. The first-order chi connectivity index (χ1) is 13.3. The van der Waals surface area contributed by atoms with Gasteiger partial charge in [-0.25, -0.2) is 13.1 Å². The van der Waals surface area contributed by atoms with Crippen molar-refractivity contribution < 1.29 is 18.1 Å². The molecule has 150 valence electrons. The number of aromatic nitrogens is 2. The van der Waals surface area contributed by atoms with Crippen LogP contribution in [0.2, 0.25) is 0 Å². The van der Waals surface area contributed by atoms with Crippen molar-refractivity contribution >= 4 is 27.2 Å². The number of benzene rings is 1. The second-order valence-electron chi connectivity index (χ2n) is 6.93. The number of nitro groups is 1. The Kier molecular flexibility index (Phi) is 5.78. The molecule has 1 saturated carbocycles. The summed E-state index contributed by atoms with van der Waals surface area (Å²) in [4.78, 5) is 22.6. The number of aryl methyl sites for hydroxylation is 1. The maximum atomic E-state index is 12.3. The predicted octanol–water partition coefficient (Wildman–Crippen LogP) is 2.77. The van der Waals surface area contributed by atoms with E-state index >= 15 is 0 Å². The van der Waals surface area contributed by atoms with Crippen LogP contribution in [0.3, 0.4) is 0 Å². The van der Waals surface area contributed by atoms with Gasteiger partial charge in [0, 0.05) is 24.6 Å². The average Bonchev–Trinajstić information content (AvgIpc) is 3.31. The van der Waals surface area contributed by atoms with Crippen LogP contribution in [0.25, 0.3) is 5.69 Å². The molecule has 1 N–H and O–H groups in total. The molecule has 10 heteroatoms. The summed E-state index contributed by atoms with van der Waals surface area (Å²) in [6, 6.07) is 7.43. The summed E-state index contributed by atoms with van der Waals surface area (Å²) < 4.78 is 26.1. The number of non-ortho nitro benzene ring substituents is 1. The first-order valence-electron chi connectivity index (χ1n) is 9.09. The Morgan fingerprint density at radius 3 is 2.54 bits per heavy atom. The molecule has 1 fully saturated rings. The molecule has 1 aliphatic rings. The van der Waals surface area contributed by atoms with E-state index in [1.54, 1.807) is 13.0 Å². The molecule has 0 radical (unpaired) electrons. The Morgan fingerprint density at radius 1 is 1.29 bits per heavy atom. The lowest BCUT2D eigenvalue weighted by molar-refractivity contribution is -0.384. The summed E-state index contributed by atoms with van der Waals surface area (Å²) in [5, 5.41) is 17.5. The molecule has 3 rings (SSSR count). The van der Waals surface area contributed by atoms with Crippen molar-refractivity contribution in [2.24, 2.45) is 0 Å². The van der Waals surface area contributed by atoms with Crippen molar-refractivity contribution in [1.29, 1.82) is 0 Å². The van der Waals surface area contributed by atoms with Gasteiger partial charge in [0.1, 0.15) is 5.82 Å². The number of nitro benzene ring substituents is 1. The highest BCUT2D eigenvalue weighted by Crippen LogP contribution is 2.26. The molecule has 1 aromatic carbocycles. The van der Waals surface area contributed by atoms with Crippen molar-refractivity contribution in [3.05, 3.63) is 46.1 Å². The minimum absolute atomic E-state index is 0.0460. The summed E-state index contributed by atoms with van der Waals surface area (Å²) in [5.41, 5.74) is 1.15. The summed E-state index contributed by atoms with van der Waals surface area (Å²) >= 11 is 0. The van der Waals surface area contributed by atoms with Crippen molar-refractivity contribution in [3.8, 4) is 5.69 Å². The van der Waals surface area contributed by atoms with Crippen molar-refractivity contribution in [2.45, 2.75) is 44.3 Å². The minimum atomic E-state index is -3.26. The number of rotatable bonds is 7. The van der Waals surface area contributed by atoms with E-state index in [9.17, 15) is 23.3 Å². The lowest BCUT2D eigenvalue weighted by Gasteiger charge is -2.12. The molecular formula is C18H22N4O5S. The molecule has 0 unspecified atom stereocenters. The van der Waals surface area contributed by atoms with E-state index in [0.29, 0.717) is 30.0 Å². The van der Waals surface area contributed by atoms with Gasteiger partial charge < -0.3 is 5.32 Å². The maximum Gasteiger partial charge on any atom is 0.269 e. The fraction of sp³-hybridized carbons (Fsp3) is 0.444. The Morgan fingerprint density at radius 2 is 1.93 bits per heavy atom. The molecule has 1 aromatic heterocycles. The van der Waals surface area contributed by atoms with E-state index in [1.807, 2.05) is 0 Å². The molecule has 1 amide bonds. The quantitative estimate of drug-likeness (QED) is 0.557. The number of anilines is 1. The Labute approximate surface area is 162 Å². The molecule has 28 heavy (non-hydrogen) atoms. The van der Waals surface area contributed by atoms with Gasteiger partial charge in [0.2, 0.25) is 5.91 Å². The second-order valence-corrected chi connectivity index (χ2v) is 9.33. The zero-order valence-electron chi connectivity index (χ0n) is 15.5. The van der Waals surface area contributed by atoms with E-state index in [4.69, 9.17) is 0 Å². The first kappa shape index (κ1) is 20.0. The monoisotopic (exact) mass is 406 g/mol. The van der Waals surface area contributed by atoms with Crippen molar-refractivity contribution in [1.82, 2.24) is 9.78 Å². The second kappa shape index (κ2) is 8.09. The number of hydrogen-bond donors (Lipinski definition) is 1. The van der Waals surface area contributed by atoms with E-state index < -0.39 is 20.7 Å². The average molecular weight is 406 g/mol. The number of carbonyl (C=O) groups is 1. The topological polar surface area (TPSA) is 124 Å². The molecular weight excluding hydrogens is 384 g/mol. The lowest BCUT2D eigenvalue weighted by Crippen LogP contribution is -2.25. The normalized spacial score (nSPS) is 14.9. The highest BCUT2D eigenvalue weighted by atomic mass is 32.2. The van der Waals surface area contributed by atoms with Crippen LogP contribution in [0.4, 0.5) is 11.5 Å². The summed E-state index contributed by atoms with van der Waals surface area (Å²) in [7, 11) is -3.26. The fourth-order valence-electron chi connectivity index (χ4n) is 3.36. The fourth-order valence-corrected chi connectivity index (χ4v) is 5.21. The molecule has 0 bridgehead atoms. The van der Waals surface area contributed by atoms with E-state index in [1.165, 1.54) is 28.9 Å². The largest absolute Gasteiger partial charge is 0.311 e. The van der Waals surface area contributed by atoms with Crippen LogP contribution < -0.4 is 5.32 Å². The Hall–Kier alpha value is -2.75. The highest BCUT2D eigenvalue weighted by Gasteiger charge is 2.29. The third kappa shape index (κ3) is 4.56. The van der Waals surface area contributed by atoms with Gasteiger partial charge >= 0.3 is 0 Å². The SMILES string of the molecule is Cc1cc(NC(=O)CCS(=O)(=O)C2CCCC2)n(-c2ccc([N+](=O)[O-])cc2)n1. The van der Waals surface area contributed by atoms with Gasteiger partial charge in [-0.1, -0.05) is 12.8 Å². The van der Waals surface area contributed by atoms with Crippen LogP contribution in [-0.2, 0) is 14.6 Å². The Balaban J connectivity index is 1.69. The maximum absolute atomic E-state index is 12.3. The highest BCUT2D eigenvalue weighted by molar-refractivity contribution is 7.92. The third-order valence-corrected chi connectivity index (χ3v) is 7.09. The number of sulfone groups is 1. The predicted molar refractivity (Wildman–Crippen MR) is 104 cm³/mol. The zero-order valence-corrected chi connectivity index (χ0v) is 16.3. The van der Waals surface area contributed by atoms with E-state index in [0.717, 1.165) is 12.8 Å². The zero-order chi connectivity index (χ0) is 20.3. The lowest BCUT2D eigenvalue weighted by atomic mass is 10.3. The molecule has 0 atom stereocenters. The van der Waals surface area contributed by atoms with Gasteiger partial charge in [-0.05, 0) is 31.9 Å². The van der Waals surface area contributed by atoms with Crippen LogP contribution in [0, 0.1) is 17.0 Å². The number of amides is 1. The van der Waals surface area contributed by atoms with Crippen LogP contribution >= 0.6 is 0 Å². The van der Waals surface area contributed by atoms with Crippen LogP contribution in [0.5, 0.6) is 0 Å².